The van der Waals surface area contributed by atoms with E-state index in [4.69, 9.17) is 25.7 Å². The van der Waals surface area contributed by atoms with Crippen molar-refractivity contribution in [3.63, 3.8) is 0 Å². The van der Waals surface area contributed by atoms with Crippen LogP contribution in [0.2, 0.25) is 0 Å². The van der Waals surface area contributed by atoms with E-state index in [2.05, 4.69) is 22.2 Å². The fraction of sp³-hybridized carbons (Fsp3) is 0.300. The summed E-state index contributed by atoms with van der Waals surface area (Å²) in [6.07, 6.45) is 0. The first-order valence-corrected chi connectivity index (χ1v) is 8.78. The van der Waals surface area contributed by atoms with Gasteiger partial charge in [0.15, 0.2) is 11.5 Å². The number of hydrogen-bond acceptors (Lipinski definition) is 8. The van der Waals surface area contributed by atoms with Crippen molar-refractivity contribution >= 4 is 28.4 Å². The molecule has 8 nitrogen and oxygen atoms in total. The van der Waals surface area contributed by atoms with Crippen LogP contribution in [0.4, 0.5) is 17.5 Å². The van der Waals surface area contributed by atoms with Gasteiger partial charge in [0.1, 0.15) is 5.82 Å². The number of rotatable bonds is 6. The molecular weight excluding hydrogens is 358 g/mol. The highest BCUT2D eigenvalue weighted by atomic mass is 16.5. The van der Waals surface area contributed by atoms with Crippen LogP contribution >= 0.6 is 0 Å². The topological polar surface area (TPSA) is 118 Å². The Kier molecular flexibility index (Phi) is 5.30. The number of benzene rings is 2. The van der Waals surface area contributed by atoms with Gasteiger partial charge in [-0.25, -0.2) is 4.98 Å². The van der Waals surface area contributed by atoms with E-state index in [1.54, 1.807) is 21.3 Å². The molecule has 0 amide bonds. The van der Waals surface area contributed by atoms with E-state index >= 15 is 0 Å². The highest BCUT2D eigenvalue weighted by Crippen LogP contribution is 2.41. The van der Waals surface area contributed by atoms with E-state index < -0.39 is 0 Å². The van der Waals surface area contributed by atoms with Crippen LogP contribution in [0.5, 0.6) is 17.2 Å². The number of fused-ring (bicyclic) bond motifs is 1. The molecule has 1 heterocycles. The Labute approximate surface area is 163 Å². The van der Waals surface area contributed by atoms with E-state index in [-0.39, 0.29) is 12.0 Å². The van der Waals surface area contributed by atoms with Crippen LogP contribution in [0.25, 0.3) is 10.9 Å². The van der Waals surface area contributed by atoms with Gasteiger partial charge in [0.2, 0.25) is 11.7 Å². The van der Waals surface area contributed by atoms with Crippen LogP contribution < -0.4 is 31.0 Å². The van der Waals surface area contributed by atoms with Gasteiger partial charge in [-0.2, -0.15) is 4.98 Å². The quantitative estimate of drug-likeness (QED) is 0.593. The SMILES string of the molecule is COc1cc(NC(C)c2ccc3nc(N)nc(N)c3c2C)cc(OC)c1OC. The molecule has 0 saturated carbocycles. The van der Waals surface area contributed by atoms with Gasteiger partial charge in [-0.1, -0.05) is 6.07 Å². The minimum Gasteiger partial charge on any atom is -0.493 e. The molecule has 28 heavy (non-hydrogen) atoms. The van der Waals surface area contributed by atoms with Gasteiger partial charge in [0.05, 0.1) is 26.8 Å². The molecule has 0 aliphatic heterocycles. The first-order chi connectivity index (χ1) is 13.4. The number of methoxy groups -OCH3 is 3. The molecule has 1 unspecified atom stereocenters. The zero-order valence-corrected chi connectivity index (χ0v) is 16.7. The van der Waals surface area contributed by atoms with E-state index in [0.717, 1.165) is 27.7 Å². The van der Waals surface area contributed by atoms with Crippen LogP contribution in [0, 0.1) is 6.92 Å². The monoisotopic (exact) mass is 383 g/mol. The first-order valence-electron chi connectivity index (χ1n) is 8.78. The predicted octanol–water partition coefficient (Wildman–Crippen LogP) is 3.30. The lowest BCUT2D eigenvalue weighted by Crippen LogP contribution is -2.10. The van der Waals surface area contributed by atoms with Crippen molar-refractivity contribution in [1.29, 1.82) is 0 Å². The number of ether oxygens (including phenoxy) is 3. The standard InChI is InChI=1S/C20H25N5O3/c1-10-13(6-7-14-17(10)19(21)25-20(22)24-14)11(2)23-12-8-15(26-3)18(28-5)16(9-12)27-4/h6-9,11,23H,1-5H3,(H4,21,22,24,25). The average molecular weight is 383 g/mol. The minimum absolute atomic E-state index is 0.0239. The number of hydrogen-bond donors (Lipinski definition) is 3. The van der Waals surface area contributed by atoms with Crippen molar-refractivity contribution in [1.82, 2.24) is 9.97 Å². The molecule has 0 fully saturated rings. The van der Waals surface area contributed by atoms with Gasteiger partial charge in [0, 0.05) is 29.2 Å². The van der Waals surface area contributed by atoms with Crippen molar-refractivity contribution < 1.29 is 14.2 Å². The van der Waals surface area contributed by atoms with E-state index in [1.807, 2.05) is 31.2 Å². The number of nitrogen functional groups attached to an aromatic ring is 2. The maximum absolute atomic E-state index is 6.09. The number of anilines is 3. The summed E-state index contributed by atoms with van der Waals surface area (Å²) >= 11 is 0. The molecule has 0 aliphatic carbocycles. The molecule has 0 radical (unpaired) electrons. The van der Waals surface area contributed by atoms with Gasteiger partial charge in [-0.3, -0.25) is 0 Å². The third-order valence-electron chi connectivity index (χ3n) is 4.73. The summed E-state index contributed by atoms with van der Waals surface area (Å²) in [5.74, 6) is 2.26. The second kappa shape index (κ2) is 7.67. The third-order valence-corrected chi connectivity index (χ3v) is 4.73. The van der Waals surface area contributed by atoms with Crippen molar-refractivity contribution in [3.05, 3.63) is 35.4 Å². The third kappa shape index (κ3) is 3.40. The molecule has 1 atom stereocenters. The maximum Gasteiger partial charge on any atom is 0.222 e. The van der Waals surface area contributed by atoms with Crippen LogP contribution in [-0.2, 0) is 0 Å². The van der Waals surface area contributed by atoms with Crippen molar-refractivity contribution in [2.75, 3.05) is 38.1 Å². The highest BCUT2D eigenvalue weighted by Gasteiger charge is 2.17. The summed E-state index contributed by atoms with van der Waals surface area (Å²) < 4.78 is 16.2. The smallest absolute Gasteiger partial charge is 0.222 e. The second-order valence-corrected chi connectivity index (χ2v) is 6.42. The summed E-state index contributed by atoms with van der Waals surface area (Å²) in [5, 5.41) is 4.28. The molecule has 3 rings (SSSR count). The fourth-order valence-corrected chi connectivity index (χ4v) is 3.42. The molecular formula is C20H25N5O3. The molecule has 2 aromatic carbocycles. The van der Waals surface area contributed by atoms with Crippen molar-refractivity contribution in [3.8, 4) is 17.2 Å². The number of nitrogens with one attached hydrogen (secondary N) is 1. The first kappa shape index (κ1) is 19.3. The molecule has 0 aliphatic rings. The predicted molar refractivity (Wildman–Crippen MR) is 111 cm³/mol. The maximum atomic E-state index is 6.09. The molecule has 3 aromatic rings. The fourth-order valence-electron chi connectivity index (χ4n) is 3.42. The average Bonchev–Trinajstić information content (AvgIpc) is 2.66. The number of aromatic nitrogens is 2. The molecule has 0 spiro atoms. The lowest BCUT2D eigenvalue weighted by molar-refractivity contribution is 0.324. The lowest BCUT2D eigenvalue weighted by atomic mass is 9.98. The molecule has 1 aromatic heterocycles. The molecule has 5 N–H and O–H groups in total. The largest absolute Gasteiger partial charge is 0.493 e. The van der Waals surface area contributed by atoms with Gasteiger partial charge in [-0.05, 0) is 31.0 Å². The van der Waals surface area contributed by atoms with Crippen LogP contribution in [0.3, 0.4) is 0 Å². The Bertz CT molecular complexity index is 997. The highest BCUT2D eigenvalue weighted by molar-refractivity contribution is 5.92. The van der Waals surface area contributed by atoms with E-state index in [1.165, 1.54) is 0 Å². The van der Waals surface area contributed by atoms with E-state index in [0.29, 0.717) is 23.1 Å². The normalized spacial score (nSPS) is 11.9. The van der Waals surface area contributed by atoms with Gasteiger partial charge in [0.25, 0.3) is 0 Å². The summed E-state index contributed by atoms with van der Waals surface area (Å²) in [4.78, 5) is 8.35. The summed E-state index contributed by atoms with van der Waals surface area (Å²) in [5.41, 5.74) is 15.4. The molecule has 148 valence electrons. The Hall–Kier alpha value is -3.42. The summed E-state index contributed by atoms with van der Waals surface area (Å²) in [7, 11) is 4.76. The Morgan fingerprint density at radius 2 is 1.61 bits per heavy atom. The minimum atomic E-state index is -0.0239. The molecule has 0 saturated heterocycles. The summed E-state index contributed by atoms with van der Waals surface area (Å²) in [6.45, 7) is 4.06. The molecule has 0 bridgehead atoms. The van der Waals surface area contributed by atoms with Gasteiger partial charge in [-0.15, -0.1) is 0 Å². The number of nitrogens with zero attached hydrogens (tertiary/aromatic N) is 2. The van der Waals surface area contributed by atoms with Gasteiger partial charge < -0.3 is 31.0 Å². The number of nitrogens with two attached hydrogens (primary N) is 2. The van der Waals surface area contributed by atoms with Crippen LogP contribution in [0.15, 0.2) is 24.3 Å². The van der Waals surface area contributed by atoms with Crippen molar-refractivity contribution in [2.24, 2.45) is 0 Å². The van der Waals surface area contributed by atoms with Crippen LogP contribution in [0.1, 0.15) is 24.1 Å². The number of aryl methyl sites for hydroxylation is 1. The van der Waals surface area contributed by atoms with Gasteiger partial charge >= 0.3 is 0 Å². The Balaban J connectivity index is 2.00. The van der Waals surface area contributed by atoms with Crippen LogP contribution in [-0.4, -0.2) is 31.3 Å². The van der Waals surface area contributed by atoms with Crippen molar-refractivity contribution in [2.45, 2.75) is 19.9 Å². The second-order valence-electron chi connectivity index (χ2n) is 6.42. The summed E-state index contributed by atoms with van der Waals surface area (Å²) in [6, 6.07) is 7.63. The Morgan fingerprint density at radius 1 is 0.964 bits per heavy atom. The Morgan fingerprint density at radius 3 is 2.18 bits per heavy atom. The lowest BCUT2D eigenvalue weighted by Gasteiger charge is -2.21. The zero-order chi connectivity index (χ0) is 20.4. The molecule has 8 heteroatoms. The van der Waals surface area contributed by atoms with E-state index in [9.17, 15) is 0 Å². The zero-order valence-electron chi connectivity index (χ0n) is 16.7.